The Morgan fingerprint density at radius 1 is 0.679 bits per heavy atom. The highest BCUT2D eigenvalue weighted by atomic mass is 19.3. The van der Waals surface area contributed by atoms with Gasteiger partial charge in [0, 0.05) is 68.2 Å². The highest BCUT2D eigenvalue weighted by molar-refractivity contribution is 6.08. The van der Waals surface area contributed by atoms with Crippen LogP contribution in [0.5, 0.6) is 11.5 Å². The maximum Gasteiger partial charge on any atom is 0.410 e. The van der Waals surface area contributed by atoms with Gasteiger partial charge in [-0.25, -0.2) is 22.4 Å². The van der Waals surface area contributed by atoms with Crippen molar-refractivity contribution in [2.45, 2.75) is 101 Å². The van der Waals surface area contributed by atoms with Crippen molar-refractivity contribution in [2.75, 3.05) is 78.7 Å². The lowest BCUT2D eigenvalue weighted by Gasteiger charge is -2.28. The number of amides is 7. The molecule has 0 radical (unpaired) electrons. The van der Waals surface area contributed by atoms with Gasteiger partial charge in [0.15, 0.2) is 0 Å². The molecule has 7 amide bonds. The van der Waals surface area contributed by atoms with Gasteiger partial charge in [-0.3, -0.25) is 43.6 Å². The topological polar surface area (TPSA) is 282 Å². The third kappa shape index (κ3) is 16.8. The van der Waals surface area contributed by atoms with E-state index in [9.17, 15) is 61.6 Å². The van der Waals surface area contributed by atoms with Gasteiger partial charge in [0.1, 0.15) is 29.2 Å². The molecule has 22 nitrogen and oxygen atoms in total. The highest BCUT2D eigenvalue weighted by Gasteiger charge is 2.48. The Hall–Kier alpha value is -8.39. The van der Waals surface area contributed by atoms with Crippen molar-refractivity contribution in [3.8, 4) is 23.6 Å². The third-order valence-electron chi connectivity index (χ3n) is 13.5. The number of hydrogen-bond donors (Lipinski definition) is 4. The molecule has 0 aliphatic carbocycles. The summed E-state index contributed by atoms with van der Waals surface area (Å²) in [6.07, 6.45) is 3.40. The second kappa shape index (κ2) is 26.7. The Bertz CT molecular complexity index is 2900. The Morgan fingerprint density at radius 2 is 1.14 bits per heavy atom. The van der Waals surface area contributed by atoms with Gasteiger partial charge < -0.3 is 50.2 Å². The van der Waals surface area contributed by atoms with Gasteiger partial charge in [-0.1, -0.05) is 0 Å². The summed E-state index contributed by atoms with van der Waals surface area (Å²) in [7, 11) is 0. The van der Waals surface area contributed by atoms with Gasteiger partial charge in [-0.05, 0) is 101 Å². The smallest absolute Gasteiger partial charge is 0.410 e. The quantitative estimate of drug-likeness (QED) is 0.0595. The molecular formula is C55H64F4N12O10. The molecule has 4 aromatic rings. The summed E-state index contributed by atoms with van der Waals surface area (Å²) in [5.41, 5.74) is 0.543. The Kier molecular flexibility index (Phi) is 19.9. The molecule has 432 valence electrons. The number of rotatable bonds is 23. The number of benzene rings is 2. The zero-order chi connectivity index (χ0) is 58.5. The fourth-order valence-electron chi connectivity index (χ4n) is 9.54. The lowest BCUT2D eigenvalue weighted by atomic mass is 10.1. The minimum atomic E-state index is -3.19. The predicted octanol–water partition coefficient (Wildman–Crippen LogP) is 4.32. The maximum atomic E-state index is 13.9. The maximum absolute atomic E-state index is 13.9. The lowest BCUT2D eigenvalue weighted by molar-refractivity contribution is -0.132. The fraction of sp³-hybridized carbons (Fsp3) is 0.509. The van der Waals surface area contributed by atoms with Crippen LogP contribution in [0, 0.1) is 22.7 Å². The van der Waals surface area contributed by atoms with Crippen LogP contribution < -0.4 is 30.7 Å². The summed E-state index contributed by atoms with van der Waals surface area (Å²) in [5.74, 6) is -9.12. The number of likely N-dealkylation sites (tertiary alicyclic amines) is 3. The molecule has 81 heavy (non-hydrogen) atoms. The average Bonchev–Trinajstić information content (AvgIpc) is 4.22. The minimum Gasteiger partial charge on any atom is -0.494 e. The van der Waals surface area contributed by atoms with Crippen molar-refractivity contribution in [1.82, 2.24) is 50.8 Å². The molecule has 2 aromatic carbocycles. The summed E-state index contributed by atoms with van der Waals surface area (Å²) >= 11 is 0. The van der Waals surface area contributed by atoms with E-state index in [2.05, 4.69) is 31.2 Å². The van der Waals surface area contributed by atoms with Crippen LogP contribution in [-0.2, 0) is 23.9 Å². The largest absolute Gasteiger partial charge is 0.494 e. The van der Waals surface area contributed by atoms with Gasteiger partial charge in [-0.2, -0.15) is 10.5 Å². The van der Waals surface area contributed by atoms with E-state index in [1.807, 2.05) is 0 Å². The first-order chi connectivity index (χ1) is 38.5. The van der Waals surface area contributed by atoms with Crippen molar-refractivity contribution >= 4 is 63.3 Å². The highest BCUT2D eigenvalue weighted by Crippen LogP contribution is 2.33. The average molecular weight is 1130 g/mol. The molecule has 3 saturated heterocycles. The number of carbonyl (C=O) groups excluding carboxylic acids is 7. The number of nitrogens with one attached hydrogen (secondary N) is 4. The predicted molar refractivity (Wildman–Crippen MR) is 283 cm³/mol. The number of nitriles is 2. The van der Waals surface area contributed by atoms with Crippen molar-refractivity contribution < 1.29 is 65.3 Å². The number of fused-ring (bicyclic) bond motifs is 2. The number of unbranched alkanes of at least 4 members (excludes halogenated alkanes) is 2. The van der Waals surface area contributed by atoms with Crippen LogP contribution in [0.4, 0.5) is 22.4 Å². The van der Waals surface area contributed by atoms with Crippen molar-refractivity contribution in [3.05, 3.63) is 72.1 Å². The first-order valence-corrected chi connectivity index (χ1v) is 26.5. The van der Waals surface area contributed by atoms with E-state index >= 15 is 0 Å². The van der Waals surface area contributed by atoms with Gasteiger partial charge in [-0.15, -0.1) is 0 Å². The van der Waals surface area contributed by atoms with Gasteiger partial charge in [0.25, 0.3) is 23.7 Å². The minimum absolute atomic E-state index is 0.125. The van der Waals surface area contributed by atoms with Gasteiger partial charge >= 0.3 is 6.09 Å². The number of alkyl halides is 4. The van der Waals surface area contributed by atoms with E-state index in [0.717, 1.165) is 9.80 Å². The van der Waals surface area contributed by atoms with E-state index in [4.69, 9.17) is 14.2 Å². The number of halogens is 4. The first-order valence-electron chi connectivity index (χ1n) is 26.5. The number of ether oxygens (including phenoxy) is 3. The summed E-state index contributed by atoms with van der Waals surface area (Å²) in [6, 6.07) is 13.3. The van der Waals surface area contributed by atoms with Crippen LogP contribution in [0.3, 0.4) is 0 Å². The summed E-state index contributed by atoms with van der Waals surface area (Å²) in [6.45, 7) is 3.76. The van der Waals surface area contributed by atoms with E-state index < -0.39 is 98.3 Å². The molecule has 5 heterocycles. The van der Waals surface area contributed by atoms with Crippen LogP contribution in [0.25, 0.3) is 21.8 Å². The van der Waals surface area contributed by atoms with Crippen LogP contribution >= 0.6 is 0 Å². The molecule has 4 N–H and O–H groups in total. The number of aromatic nitrogens is 2. The molecule has 0 saturated carbocycles. The molecule has 26 heteroatoms. The third-order valence-corrected chi connectivity index (χ3v) is 13.5. The summed E-state index contributed by atoms with van der Waals surface area (Å²) < 4.78 is 73.0. The van der Waals surface area contributed by atoms with E-state index in [0.29, 0.717) is 85.0 Å². The zero-order valence-corrected chi connectivity index (χ0v) is 45.1. The molecule has 3 atom stereocenters. The molecule has 7 rings (SSSR count). The Labute approximate surface area is 464 Å². The van der Waals surface area contributed by atoms with Crippen LogP contribution in [0.1, 0.15) is 86.4 Å². The fourth-order valence-corrected chi connectivity index (χ4v) is 9.54. The molecule has 0 spiro atoms. The first kappa shape index (κ1) is 60.3. The van der Waals surface area contributed by atoms with Crippen molar-refractivity contribution in [1.29, 1.82) is 10.5 Å². The van der Waals surface area contributed by atoms with Crippen molar-refractivity contribution in [2.24, 2.45) is 0 Å². The standard InChI is InChI=1S/C55H64F4N12O10/c1-53(2,3)81-52(78)68-19-14-35(30-68)69(31-46(72)64-15-4-6-20-79-38-8-10-44-42(22-38)40(12-17-62-44)50(76)66-28-48(74)70-33-54(56,57)24-36(70)26-60)32-47(73)65-16-5-7-21-80-39-9-11-45-43(23-39)41(13-18-63-45)51(77)67-29-49(75)71-34-55(58,59)25-37(71)27-61/h8-13,17-18,22-23,35-37H,4-7,14-16,19-21,24-25,28-34H2,1-3H3,(H,64,72)(H,65,73)(H,66,76)(H,67,77)/t35-,36-,37-/m0/s1. The van der Waals surface area contributed by atoms with E-state index in [1.54, 1.807) is 79.1 Å². The molecule has 3 aliphatic heterocycles. The van der Waals surface area contributed by atoms with Gasteiger partial charge in [0.2, 0.25) is 23.6 Å². The normalized spacial score (nSPS) is 18.2. The molecule has 2 aromatic heterocycles. The lowest BCUT2D eigenvalue weighted by Crippen LogP contribution is -2.49. The van der Waals surface area contributed by atoms with Gasteiger partial charge in [0.05, 0.1) is 86.8 Å². The zero-order valence-electron chi connectivity index (χ0n) is 45.1. The summed E-state index contributed by atoms with van der Waals surface area (Å²) in [5, 5.41) is 30.0. The van der Waals surface area contributed by atoms with Crippen LogP contribution in [-0.4, -0.2) is 185 Å². The molecule has 3 fully saturated rings. The number of nitrogens with zero attached hydrogens (tertiary/aromatic N) is 8. The molecule has 0 unspecified atom stereocenters. The van der Waals surface area contributed by atoms with E-state index in [1.165, 1.54) is 24.5 Å². The van der Waals surface area contributed by atoms with E-state index in [-0.39, 0.29) is 61.8 Å². The van der Waals surface area contributed by atoms with Crippen molar-refractivity contribution in [3.63, 3.8) is 0 Å². The summed E-state index contributed by atoms with van der Waals surface area (Å²) in [4.78, 5) is 105. The Morgan fingerprint density at radius 3 is 1.57 bits per heavy atom. The monoisotopic (exact) mass is 1130 g/mol. The van der Waals surface area contributed by atoms with Crippen LogP contribution in [0.2, 0.25) is 0 Å². The molecule has 0 bridgehead atoms. The second-order valence-corrected chi connectivity index (χ2v) is 21.0. The van der Waals surface area contributed by atoms with Crippen LogP contribution in [0.15, 0.2) is 60.9 Å². The molecule has 3 aliphatic rings. The number of hydrogen-bond acceptors (Lipinski definition) is 15. The number of carbonyl (C=O) groups is 7. The Balaban J connectivity index is 0.843. The molecular weight excluding hydrogens is 1060 g/mol. The second-order valence-electron chi connectivity index (χ2n) is 21.0. The SMILES string of the molecule is CC(C)(C)OC(=O)N1CC[C@H](N(CC(=O)NCCCCOc2ccc3nccc(C(=O)NCC(=O)N4CC(F)(F)C[C@H]4C#N)c3c2)CC(=O)NCCCCOc2ccc3nccc(C(=O)NCC(=O)N4CC(F)(F)C[C@H]4C#N)c3c2)C1. The number of pyridine rings is 2.